The van der Waals surface area contributed by atoms with E-state index in [-0.39, 0.29) is 6.04 Å². The van der Waals surface area contributed by atoms with Gasteiger partial charge in [0.1, 0.15) is 0 Å². The van der Waals surface area contributed by atoms with Gasteiger partial charge in [-0.05, 0) is 20.0 Å². The van der Waals surface area contributed by atoms with Gasteiger partial charge < -0.3 is 4.90 Å². The molecule has 0 radical (unpaired) electrons. The Morgan fingerprint density at radius 3 is 2.64 bits per heavy atom. The Balaban J connectivity index is 2.41. The summed E-state index contributed by atoms with van der Waals surface area (Å²) in [5.74, 6) is 0. The number of hydrogen-bond acceptors (Lipinski definition) is 3. The summed E-state index contributed by atoms with van der Waals surface area (Å²) in [6.45, 7) is 1.67. The zero-order valence-corrected chi connectivity index (χ0v) is 7.26. The van der Waals surface area contributed by atoms with E-state index in [1.807, 2.05) is 7.05 Å². The van der Waals surface area contributed by atoms with Crippen LogP contribution in [0.25, 0.3) is 0 Å². The molecule has 1 aliphatic rings. The molecule has 0 aromatic carbocycles. The highest BCUT2D eigenvalue weighted by Crippen LogP contribution is 2.05. The van der Waals surface area contributed by atoms with Gasteiger partial charge in [0, 0.05) is 12.6 Å². The Bertz CT molecular complexity index is 226. The van der Waals surface area contributed by atoms with E-state index >= 15 is 0 Å². The molecule has 1 fully saturated rings. The molecule has 0 aromatic heterocycles. The molecule has 1 heterocycles. The molecule has 1 rings (SSSR count). The summed E-state index contributed by atoms with van der Waals surface area (Å²) in [6, 6.07) is -0.00463. The normalized spacial score (nSPS) is 27.6. The van der Waals surface area contributed by atoms with Crippen molar-refractivity contribution in [1.82, 2.24) is 9.62 Å². The van der Waals surface area contributed by atoms with Crippen LogP contribution in [-0.4, -0.2) is 39.5 Å². The average Bonchev–Trinajstić information content (AvgIpc) is 2.10. The predicted octanol–water partition coefficient (Wildman–Crippen LogP) is -1.52. The third-order valence-electron chi connectivity index (χ3n) is 1.72. The van der Waals surface area contributed by atoms with E-state index in [2.05, 4.69) is 9.62 Å². The SMILES string of the molecule is CN1CCC(NS(N)(=O)=O)C1. The third kappa shape index (κ3) is 3.15. The van der Waals surface area contributed by atoms with E-state index in [0.29, 0.717) is 0 Å². The summed E-state index contributed by atoms with van der Waals surface area (Å²) in [6.07, 6.45) is 0.840. The zero-order valence-electron chi connectivity index (χ0n) is 6.45. The van der Waals surface area contributed by atoms with E-state index in [4.69, 9.17) is 5.14 Å². The van der Waals surface area contributed by atoms with Crippen LogP contribution in [0.2, 0.25) is 0 Å². The maximum Gasteiger partial charge on any atom is 0.274 e. The van der Waals surface area contributed by atoms with E-state index in [9.17, 15) is 8.42 Å². The van der Waals surface area contributed by atoms with Gasteiger partial charge in [-0.25, -0.2) is 5.14 Å². The fourth-order valence-corrected chi connectivity index (χ4v) is 1.92. The molecular weight excluding hydrogens is 166 g/mol. The van der Waals surface area contributed by atoms with Crippen molar-refractivity contribution in [1.29, 1.82) is 0 Å². The van der Waals surface area contributed by atoms with E-state index < -0.39 is 10.2 Å². The molecule has 1 atom stereocenters. The molecule has 3 N–H and O–H groups in total. The first-order valence-corrected chi connectivity index (χ1v) is 5.00. The molecule has 0 aliphatic carbocycles. The molecule has 0 aromatic rings. The van der Waals surface area contributed by atoms with Gasteiger partial charge in [-0.3, -0.25) is 0 Å². The summed E-state index contributed by atoms with van der Waals surface area (Å²) in [5.41, 5.74) is 0. The van der Waals surface area contributed by atoms with Gasteiger partial charge in [-0.15, -0.1) is 0 Å². The third-order valence-corrected chi connectivity index (χ3v) is 2.38. The lowest BCUT2D eigenvalue weighted by atomic mass is 10.3. The first-order chi connectivity index (χ1) is 4.97. The second-order valence-electron chi connectivity index (χ2n) is 2.91. The number of likely N-dealkylation sites (N-methyl/N-ethyl adjacent to an activating group) is 1. The van der Waals surface area contributed by atoms with E-state index in [0.717, 1.165) is 19.5 Å². The van der Waals surface area contributed by atoms with Crippen LogP contribution in [0, 0.1) is 0 Å². The maximum absolute atomic E-state index is 10.5. The topological polar surface area (TPSA) is 75.4 Å². The van der Waals surface area contributed by atoms with Crippen molar-refractivity contribution in [3.63, 3.8) is 0 Å². The van der Waals surface area contributed by atoms with Crippen LogP contribution in [0.1, 0.15) is 6.42 Å². The Labute approximate surface area is 66.7 Å². The fourth-order valence-electron chi connectivity index (χ4n) is 1.26. The van der Waals surface area contributed by atoms with Crippen molar-refractivity contribution >= 4 is 10.2 Å². The average molecular weight is 179 g/mol. The van der Waals surface area contributed by atoms with Gasteiger partial charge in [-0.2, -0.15) is 13.1 Å². The Hall–Kier alpha value is -0.170. The minimum Gasteiger partial charge on any atom is -0.305 e. The molecule has 1 aliphatic heterocycles. The highest BCUT2D eigenvalue weighted by Gasteiger charge is 2.21. The van der Waals surface area contributed by atoms with Gasteiger partial charge >= 0.3 is 0 Å². The largest absolute Gasteiger partial charge is 0.305 e. The molecule has 66 valence electrons. The molecule has 5 nitrogen and oxygen atoms in total. The lowest BCUT2D eigenvalue weighted by Gasteiger charge is -2.09. The Kier molecular flexibility index (Phi) is 2.48. The molecule has 1 saturated heterocycles. The Morgan fingerprint density at radius 1 is 1.64 bits per heavy atom. The predicted molar refractivity (Wildman–Crippen MR) is 42.1 cm³/mol. The van der Waals surface area contributed by atoms with Crippen molar-refractivity contribution in [2.75, 3.05) is 20.1 Å². The minimum atomic E-state index is -3.51. The number of rotatable bonds is 2. The number of nitrogens with one attached hydrogen (secondary N) is 1. The fraction of sp³-hybridized carbons (Fsp3) is 1.00. The maximum atomic E-state index is 10.5. The standard InChI is InChI=1S/C5H13N3O2S/c1-8-3-2-5(4-8)7-11(6,9)10/h5,7H,2-4H2,1H3,(H2,6,9,10). The number of likely N-dealkylation sites (tertiary alicyclic amines) is 1. The summed E-state index contributed by atoms with van der Waals surface area (Å²) < 4.78 is 23.4. The second kappa shape index (κ2) is 3.06. The van der Waals surface area contributed by atoms with Crippen LogP contribution in [-0.2, 0) is 10.2 Å². The smallest absolute Gasteiger partial charge is 0.274 e. The number of nitrogens with zero attached hydrogens (tertiary/aromatic N) is 1. The van der Waals surface area contributed by atoms with Crippen molar-refractivity contribution in [3.05, 3.63) is 0 Å². The zero-order chi connectivity index (χ0) is 8.48. The highest BCUT2D eigenvalue weighted by molar-refractivity contribution is 7.87. The van der Waals surface area contributed by atoms with Crippen molar-refractivity contribution in [2.24, 2.45) is 5.14 Å². The minimum absolute atomic E-state index is 0.00463. The van der Waals surface area contributed by atoms with Crippen LogP contribution < -0.4 is 9.86 Å². The van der Waals surface area contributed by atoms with Crippen LogP contribution in [0.3, 0.4) is 0 Å². The summed E-state index contributed by atoms with van der Waals surface area (Å²) in [5, 5.41) is 4.80. The molecule has 11 heavy (non-hydrogen) atoms. The summed E-state index contributed by atoms with van der Waals surface area (Å²) >= 11 is 0. The molecule has 0 amide bonds. The Morgan fingerprint density at radius 2 is 2.27 bits per heavy atom. The lowest BCUT2D eigenvalue weighted by Crippen LogP contribution is -2.40. The summed E-state index contributed by atoms with van der Waals surface area (Å²) in [7, 11) is -1.56. The van der Waals surface area contributed by atoms with Gasteiger partial charge in [0.05, 0.1) is 0 Å². The molecular formula is C5H13N3O2S. The highest BCUT2D eigenvalue weighted by atomic mass is 32.2. The van der Waals surface area contributed by atoms with Crippen molar-refractivity contribution in [3.8, 4) is 0 Å². The quantitative estimate of drug-likeness (QED) is 0.541. The molecule has 0 saturated carbocycles. The van der Waals surface area contributed by atoms with Gasteiger partial charge in [0.2, 0.25) is 0 Å². The number of nitrogens with two attached hydrogens (primary N) is 1. The molecule has 0 bridgehead atoms. The van der Waals surface area contributed by atoms with Crippen molar-refractivity contribution in [2.45, 2.75) is 12.5 Å². The van der Waals surface area contributed by atoms with Crippen LogP contribution >= 0.6 is 0 Å². The second-order valence-corrected chi connectivity index (χ2v) is 4.24. The number of hydrogen-bond donors (Lipinski definition) is 2. The first kappa shape index (κ1) is 8.92. The molecule has 6 heteroatoms. The lowest BCUT2D eigenvalue weighted by molar-refractivity contribution is 0.407. The summed E-state index contributed by atoms with van der Waals surface area (Å²) in [4.78, 5) is 2.06. The van der Waals surface area contributed by atoms with Gasteiger partial charge in [0.15, 0.2) is 0 Å². The molecule has 1 unspecified atom stereocenters. The van der Waals surface area contributed by atoms with Gasteiger partial charge in [0.25, 0.3) is 10.2 Å². The monoisotopic (exact) mass is 179 g/mol. The first-order valence-electron chi connectivity index (χ1n) is 3.46. The van der Waals surface area contributed by atoms with Crippen LogP contribution in [0.4, 0.5) is 0 Å². The van der Waals surface area contributed by atoms with E-state index in [1.54, 1.807) is 0 Å². The van der Waals surface area contributed by atoms with Crippen molar-refractivity contribution < 1.29 is 8.42 Å². The van der Waals surface area contributed by atoms with E-state index in [1.165, 1.54) is 0 Å². The van der Waals surface area contributed by atoms with Crippen LogP contribution in [0.5, 0.6) is 0 Å². The molecule has 0 spiro atoms. The van der Waals surface area contributed by atoms with Gasteiger partial charge in [-0.1, -0.05) is 0 Å². The van der Waals surface area contributed by atoms with Crippen LogP contribution in [0.15, 0.2) is 0 Å².